The highest BCUT2D eigenvalue weighted by Gasteiger charge is 2.19. The van der Waals surface area contributed by atoms with Gasteiger partial charge in [-0.1, -0.05) is 12.1 Å². The molecular formula is C14H15N5O2. The number of hydrogen-bond donors (Lipinski definition) is 3. The van der Waals surface area contributed by atoms with Gasteiger partial charge in [0.25, 0.3) is 11.8 Å². The number of amides is 2. The summed E-state index contributed by atoms with van der Waals surface area (Å²) >= 11 is 0. The number of anilines is 1. The third-order valence-corrected chi connectivity index (χ3v) is 3.41. The Bertz CT molecular complexity index is 707. The summed E-state index contributed by atoms with van der Waals surface area (Å²) in [5.41, 5.74) is 6.47. The Morgan fingerprint density at radius 2 is 2.14 bits per heavy atom. The number of carbonyl (C=O) groups is 2. The molecule has 2 amide bonds. The Morgan fingerprint density at radius 3 is 2.95 bits per heavy atom. The predicted octanol–water partition coefficient (Wildman–Crippen LogP) is 0.337. The van der Waals surface area contributed by atoms with Gasteiger partial charge < -0.3 is 20.9 Å². The highest BCUT2D eigenvalue weighted by Crippen LogP contribution is 2.16. The predicted molar refractivity (Wildman–Crippen MR) is 76.8 cm³/mol. The van der Waals surface area contributed by atoms with Crippen molar-refractivity contribution in [3.63, 3.8) is 0 Å². The Kier molecular flexibility index (Phi) is 3.41. The zero-order valence-electron chi connectivity index (χ0n) is 11.3. The summed E-state index contributed by atoms with van der Waals surface area (Å²) in [7, 11) is 0. The maximum atomic E-state index is 12.4. The lowest BCUT2D eigenvalue weighted by atomic mass is 10.1. The minimum absolute atomic E-state index is 0.283. The number of rotatable bonds is 3. The van der Waals surface area contributed by atoms with Crippen LogP contribution < -0.4 is 16.4 Å². The van der Waals surface area contributed by atoms with Gasteiger partial charge in [-0.2, -0.15) is 0 Å². The fraction of sp³-hybridized carbons (Fsp3) is 0.214. The summed E-state index contributed by atoms with van der Waals surface area (Å²) in [5, 5.41) is 5.91. The molecular weight excluding hydrogens is 270 g/mol. The molecule has 1 aromatic carbocycles. The molecule has 0 aliphatic carbocycles. The average Bonchev–Trinajstić information content (AvgIpc) is 2.91. The summed E-state index contributed by atoms with van der Waals surface area (Å²) in [6.45, 7) is 2.13. The standard InChI is InChI=1S/C14H15N5O2/c15-13(20)9-3-1-2-4-10(9)18-14(21)11-7-17-12-8-16-5-6-19(11)12/h1-4,7,16H,5-6,8H2,(H2,15,20)(H,18,21). The summed E-state index contributed by atoms with van der Waals surface area (Å²) in [6.07, 6.45) is 1.55. The van der Waals surface area contributed by atoms with Crippen molar-refractivity contribution in [1.82, 2.24) is 14.9 Å². The minimum Gasteiger partial charge on any atom is -0.366 e. The van der Waals surface area contributed by atoms with E-state index in [0.717, 1.165) is 12.4 Å². The highest BCUT2D eigenvalue weighted by molar-refractivity contribution is 6.07. The van der Waals surface area contributed by atoms with Crippen LogP contribution in [0, 0.1) is 0 Å². The molecule has 1 aromatic heterocycles. The van der Waals surface area contributed by atoms with E-state index in [1.54, 1.807) is 30.5 Å². The van der Waals surface area contributed by atoms with E-state index in [4.69, 9.17) is 5.73 Å². The molecule has 0 fully saturated rings. The van der Waals surface area contributed by atoms with Crippen molar-refractivity contribution in [3.8, 4) is 0 Å². The molecule has 1 aliphatic rings. The van der Waals surface area contributed by atoms with Crippen LogP contribution in [0.1, 0.15) is 26.7 Å². The second-order valence-corrected chi connectivity index (χ2v) is 4.75. The quantitative estimate of drug-likeness (QED) is 0.756. The second-order valence-electron chi connectivity index (χ2n) is 4.75. The molecule has 4 N–H and O–H groups in total. The Balaban J connectivity index is 1.87. The highest BCUT2D eigenvalue weighted by atomic mass is 16.2. The molecule has 0 saturated heterocycles. The van der Waals surface area contributed by atoms with Crippen molar-refractivity contribution in [2.24, 2.45) is 5.73 Å². The van der Waals surface area contributed by atoms with Crippen molar-refractivity contribution >= 4 is 17.5 Å². The number of hydrogen-bond acceptors (Lipinski definition) is 4. The maximum Gasteiger partial charge on any atom is 0.273 e. The Labute approximate surface area is 121 Å². The molecule has 108 valence electrons. The third-order valence-electron chi connectivity index (χ3n) is 3.41. The van der Waals surface area contributed by atoms with Gasteiger partial charge in [-0.25, -0.2) is 4.98 Å². The number of nitrogens with one attached hydrogen (secondary N) is 2. The maximum absolute atomic E-state index is 12.4. The molecule has 0 unspecified atom stereocenters. The van der Waals surface area contributed by atoms with E-state index in [1.807, 2.05) is 4.57 Å². The van der Waals surface area contributed by atoms with Crippen molar-refractivity contribution in [2.45, 2.75) is 13.1 Å². The van der Waals surface area contributed by atoms with Gasteiger partial charge in [0.05, 0.1) is 24.0 Å². The van der Waals surface area contributed by atoms with Crippen molar-refractivity contribution in [2.75, 3.05) is 11.9 Å². The summed E-state index contributed by atoms with van der Waals surface area (Å²) in [4.78, 5) is 28.0. The topological polar surface area (TPSA) is 102 Å². The van der Waals surface area contributed by atoms with Gasteiger partial charge in [-0.05, 0) is 12.1 Å². The molecule has 1 aliphatic heterocycles. The number of nitrogens with two attached hydrogens (primary N) is 1. The van der Waals surface area contributed by atoms with E-state index >= 15 is 0 Å². The lowest BCUT2D eigenvalue weighted by Crippen LogP contribution is -2.31. The van der Waals surface area contributed by atoms with Gasteiger partial charge in [0.2, 0.25) is 0 Å². The van der Waals surface area contributed by atoms with Crippen LogP contribution in [-0.4, -0.2) is 27.9 Å². The van der Waals surface area contributed by atoms with Gasteiger partial charge in [-0.3, -0.25) is 9.59 Å². The molecule has 7 heteroatoms. The molecule has 2 aromatic rings. The van der Waals surface area contributed by atoms with Crippen molar-refractivity contribution < 1.29 is 9.59 Å². The first-order chi connectivity index (χ1) is 10.2. The zero-order valence-corrected chi connectivity index (χ0v) is 11.3. The molecule has 0 bridgehead atoms. The monoisotopic (exact) mass is 285 g/mol. The van der Waals surface area contributed by atoms with Crippen LogP contribution in [0.5, 0.6) is 0 Å². The number of imidazole rings is 1. The molecule has 2 heterocycles. The summed E-state index contributed by atoms with van der Waals surface area (Å²) in [5.74, 6) is -0.0515. The van der Waals surface area contributed by atoms with Gasteiger partial charge >= 0.3 is 0 Å². The number of benzene rings is 1. The fourth-order valence-electron chi connectivity index (χ4n) is 2.37. The third kappa shape index (κ3) is 2.50. The summed E-state index contributed by atoms with van der Waals surface area (Å²) < 4.78 is 1.87. The number of carbonyl (C=O) groups excluding carboxylic acids is 2. The van der Waals surface area contributed by atoms with E-state index < -0.39 is 5.91 Å². The van der Waals surface area contributed by atoms with Crippen LogP contribution in [0.25, 0.3) is 0 Å². The molecule has 3 rings (SSSR count). The van der Waals surface area contributed by atoms with E-state index in [9.17, 15) is 9.59 Å². The van der Waals surface area contributed by atoms with Gasteiger partial charge in [-0.15, -0.1) is 0 Å². The number of primary amides is 1. The van der Waals surface area contributed by atoms with Crippen LogP contribution in [0.2, 0.25) is 0 Å². The lowest BCUT2D eigenvalue weighted by Gasteiger charge is -2.17. The smallest absolute Gasteiger partial charge is 0.273 e. The Hall–Kier alpha value is -2.67. The second kappa shape index (κ2) is 5.37. The SMILES string of the molecule is NC(=O)c1ccccc1NC(=O)c1cnc2n1CCNC2. The van der Waals surface area contributed by atoms with E-state index in [0.29, 0.717) is 24.5 Å². The first kappa shape index (κ1) is 13.3. The van der Waals surface area contributed by atoms with Crippen molar-refractivity contribution in [1.29, 1.82) is 0 Å². The average molecular weight is 285 g/mol. The number of aromatic nitrogens is 2. The number of nitrogens with zero attached hydrogens (tertiary/aromatic N) is 2. The normalized spacial score (nSPS) is 13.5. The molecule has 0 spiro atoms. The summed E-state index contributed by atoms with van der Waals surface area (Å²) in [6, 6.07) is 6.65. The molecule has 21 heavy (non-hydrogen) atoms. The molecule has 0 atom stereocenters. The van der Waals surface area contributed by atoms with Crippen LogP contribution in [0.4, 0.5) is 5.69 Å². The Morgan fingerprint density at radius 1 is 1.33 bits per heavy atom. The van der Waals surface area contributed by atoms with Crippen LogP contribution in [0.3, 0.4) is 0 Å². The first-order valence-corrected chi connectivity index (χ1v) is 6.62. The van der Waals surface area contributed by atoms with Gasteiger partial charge in [0.15, 0.2) is 0 Å². The number of para-hydroxylation sites is 1. The number of fused-ring (bicyclic) bond motifs is 1. The largest absolute Gasteiger partial charge is 0.366 e. The molecule has 0 saturated carbocycles. The fourth-order valence-corrected chi connectivity index (χ4v) is 2.37. The first-order valence-electron chi connectivity index (χ1n) is 6.62. The van der Waals surface area contributed by atoms with Gasteiger partial charge in [0, 0.05) is 13.1 Å². The van der Waals surface area contributed by atoms with Crippen LogP contribution in [0.15, 0.2) is 30.5 Å². The van der Waals surface area contributed by atoms with Crippen LogP contribution in [-0.2, 0) is 13.1 Å². The van der Waals surface area contributed by atoms with Crippen LogP contribution >= 0.6 is 0 Å². The molecule has 0 radical (unpaired) electrons. The van der Waals surface area contributed by atoms with Crippen molar-refractivity contribution in [3.05, 3.63) is 47.5 Å². The lowest BCUT2D eigenvalue weighted by molar-refractivity contribution is 0.100. The zero-order chi connectivity index (χ0) is 14.8. The minimum atomic E-state index is -0.578. The molecule has 7 nitrogen and oxygen atoms in total. The van der Waals surface area contributed by atoms with E-state index in [2.05, 4.69) is 15.6 Å². The van der Waals surface area contributed by atoms with Gasteiger partial charge in [0.1, 0.15) is 11.5 Å². The van der Waals surface area contributed by atoms with E-state index in [-0.39, 0.29) is 11.5 Å². The van der Waals surface area contributed by atoms with E-state index in [1.165, 1.54) is 0 Å².